The Labute approximate surface area is 203 Å². The van der Waals surface area contributed by atoms with Crippen molar-refractivity contribution in [3.05, 3.63) is 46.6 Å². The number of hydrogen-bond donors (Lipinski definition) is 5. The van der Waals surface area contributed by atoms with Crippen LogP contribution in [-0.2, 0) is 9.53 Å². The van der Waals surface area contributed by atoms with Crippen LogP contribution in [0, 0.1) is 0 Å². The average Bonchev–Trinajstić information content (AvgIpc) is 2.85. The van der Waals surface area contributed by atoms with E-state index in [2.05, 4.69) is 0 Å². The van der Waals surface area contributed by atoms with Crippen LogP contribution < -0.4 is 19.6 Å². The van der Waals surface area contributed by atoms with Crippen LogP contribution >= 0.6 is 0 Å². The highest BCUT2D eigenvalue weighted by Gasteiger charge is 2.45. The molecule has 5 unspecified atom stereocenters. The molecule has 1 fully saturated rings. The second-order valence-electron chi connectivity index (χ2n) is 8.04. The van der Waals surface area contributed by atoms with E-state index in [9.17, 15) is 35.1 Å². The van der Waals surface area contributed by atoms with Gasteiger partial charge in [0.25, 0.3) is 0 Å². The summed E-state index contributed by atoms with van der Waals surface area (Å²) in [4.78, 5) is 24.9. The number of phenolic OH excluding ortho intramolecular Hbond substituents is 1. The molecule has 0 aliphatic carbocycles. The number of aliphatic hydroxyl groups excluding tert-OH is 4. The second kappa shape index (κ2) is 10.1. The number of esters is 1. The van der Waals surface area contributed by atoms with Crippen molar-refractivity contribution >= 4 is 16.9 Å². The van der Waals surface area contributed by atoms with Gasteiger partial charge in [-0.1, -0.05) is 0 Å². The van der Waals surface area contributed by atoms with E-state index >= 15 is 0 Å². The third-order valence-electron chi connectivity index (χ3n) is 5.60. The van der Waals surface area contributed by atoms with Gasteiger partial charge < -0.3 is 48.9 Å². The molecule has 1 aliphatic rings. The third-order valence-corrected chi connectivity index (χ3v) is 5.60. The molecule has 1 saturated heterocycles. The van der Waals surface area contributed by atoms with Crippen molar-refractivity contribution in [2.75, 3.05) is 13.7 Å². The number of rotatable bonds is 6. The zero-order valence-electron chi connectivity index (χ0n) is 19.2. The van der Waals surface area contributed by atoms with Crippen molar-refractivity contribution in [2.24, 2.45) is 0 Å². The van der Waals surface area contributed by atoms with Crippen molar-refractivity contribution in [2.45, 2.75) is 37.6 Å². The number of hydrogen-bond acceptors (Lipinski definition) is 12. The maximum absolute atomic E-state index is 13.5. The monoisotopic (exact) mass is 504 g/mol. The number of aromatic hydroxyl groups is 1. The van der Waals surface area contributed by atoms with Crippen LogP contribution in [0.25, 0.3) is 22.3 Å². The molecule has 12 nitrogen and oxygen atoms in total. The van der Waals surface area contributed by atoms with Crippen LogP contribution in [-0.4, -0.2) is 75.9 Å². The highest BCUT2D eigenvalue weighted by atomic mass is 16.7. The molecule has 2 aromatic carbocycles. The Balaban J connectivity index is 1.89. The summed E-state index contributed by atoms with van der Waals surface area (Å²) in [7, 11) is 1.47. The number of carbonyl (C=O) groups excluding carboxylic acids is 1. The maximum Gasteiger partial charge on any atom is 0.308 e. The third kappa shape index (κ3) is 4.72. The Morgan fingerprint density at radius 3 is 2.33 bits per heavy atom. The van der Waals surface area contributed by atoms with E-state index in [0.29, 0.717) is 11.3 Å². The van der Waals surface area contributed by atoms with Crippen molar-refractivity contribution < 1.29 is 53.7 Å². The zero-order valence-corrected chi connectivity index (χ0v) is 19.2. The van der Waals surface area contributed by atoms with Gasteiger partial charge in [0, 0.05) is 24.6 Å². The van der Waals surface area contributed by atoms with Crippen LogP contribution in [0.15, 0.2) is 45.6 Å². The number of carbonyl (C=O) groups is 1. The van der Waals surface area contributed by atoms with Gasteiger partial charge in [0.2, 0.25) is 17.5 Å². The predicted octanol–water partition coefficient (Wildman–Crippen LogP) is 0.278. The molecule has 3 aromatic rings. The van der Waals surface area contributed by atoms with Gasteiger partial charge in [-0.05, 0) is 24.3 Å². The second-order valence-corrected chi connectivity index (χ2v) is 8.04. The molecule has 0 saturated carbocycles. The molecule has 36 heavy (non-hydrogen) atoms. The van der Waals surface area contributed by atoms with Crippen molar-refractivity contribution in [1.29, 1.82) is 0 Å². The lowest BCUT2D eigenvalue weighted by Gasteiger charge is -2.39. The van der Waals surface area contributed by atoms with E-state index in [1.807, 2.05) is 0 Å². The minimum absolute atomic E-state index is 0.0704. The van der Waals surface area contributed by atoms with E-state index in [-0.39, 0.29) is 22.5 Å². The summed E-state index contributed by atoms with van der Waals surface area (Å²) < 4.78 is 27.1. The number of aliphatic hydroxyl groups is 4. The molecule has 0 radical (unpaired) electrons. The Bertz CT molecular complexity index is 1310. The first kappa shape index (κ1) is 25.4. The van der Waals surface area contributed by atoms with Crippen LogP contribution in [0.5, 0.6) is 23.0 Å². The fourth-order valence-corrected chi connectivity index (χ4v) is 3.80. The molecule has 5 atom stereocenters. The number of methoxy groups -OCH3 is 1. The predicted molar refractivity (Wildman–Crippen MR) is 122 cm³/mol. The molecule has 0 bridgehead atoms. The summed E-state index contributed by atoms with van der Waals surface area (Å²) in [6.07, 6.45) is -8.17. The molecule has 5 N–H and O–H groups in total. The Morgan fingerprint density at radius 2 is 1.72 bits per heavy atom. The highest BCUT2D eigenvalue weighted by molar-refractivity contribution is 5.89. The zero-order chi connectivity index (χ0) is 26.1. The van der Waals surface area contributed by atoms with Gasteiger partial charge in [0.15, 0.2) is 5.76 Å². The Morgan fingerprint density at radius 1 is 1.03 bits per heavy atom. The van der Waals surface area contributed by atoms with Crippen LogP contribution in [0.3, 0.4) is 0 Å². The molecule has 192 valence electrons. The number of ether oxygens (including phenoxy) is 4. The van der Waals surface area contributed by atoms with Crippen LogP contribution in [0.4, 0.5) is 0 Å². The molecular weight excluding hydrogens is 480 g/mol. The minimum atomic E-state index is -1.80. The standard InChI is InChI=1S/C24H24O12/c1-10(26)33-13-7-14(27)17-15(8-13)34-22(11-3-5-12(32-2)6-4-11)23(19(17)29)36-24-21(31)20(30)18(28)16(9-25)35-24/h3-8,16,18,20-21,24-25,27-28,30-31H,9H2,1-2H3. The summed E-state index contributed by atoms with van der Waals surface area (Å²) in [5.74, 6) is -1.43. The molecule has 2 heterocycles. The quantitative estimate of drug-likeness (QED) is 0.228. The topological polar surface area (TPSA) is 185 Å². The van der Waals surface area contributed by atoms with Gasteiger partial charge in [0.05, 0.1) is 13.7 Å². The summed E-state index contributed by atoms with van der Waals surface area (Å²) in [6.45, 7) is 0.458. The number of phenols is 1. The van der Waals surface area contributed by atoms with Crippen molar-refractivity contribution in [1.82, 2.24) is 0 Å². The first-order valence-electron chi connectivity index (χ1n) is 10.8. The molecule has 1 aliphatic heterocycles. The fourth-order valence-electron chi connectivity index (χ4n) is 3.80. The van der Waals surface area contributed by atoms with Gasteiger partial charge >= 0.3 is 5.97 Å². The van der Waals surface area contributed by atoms with E-state index in [4.69, 9.17) is 23.4 Å². The van der Waals surface area contributed by atoms with Gasteiger partial charge in [-0.25, -0.2) is 0 Å². The fraction of sp³-hybridized carbons (Fsp3) is 0.333. The van der Waals surface area contributed by atoms with E-state index < -0.39 is 60.2 Å². The molecular formula is C24H24O12. The summed E-state index contributed by atoms with van der Waals surface area (Å²) >= 11 is 0. The SMILES string of the molecule is COc1ccc(-c2oc3cc(OC(C)=O)cc(O)c3c(=O)c2OC2OC(CO)C(O)C(O)C2O)cc1. The lowest BCUT2D eigenvalue weighted by atomic mass is 9.99. The van der Waals surface area contributed by atoms with Gasteiger partial charge in [0.1, 0.15) is 52.6 Å². The Kier molecular flexibility index (Phi) is 7.15. The van der Waals surface area contributed by atoms with E-state index in [0.717, 1.165) is 13.0 Å². The summed E-state index contributed by atoms with van der Waals surface area (Å²) in [5, 5.41) is 50.2. The van der Waals surface area contributed by atoms with Gasteiger partial charge in [-0.3, -0.25) is 9.59 Å². The lowest BCUT2D eigenvalue weighted by molar-refractivity contribution is -0.277. The normalized spacial score (nSPS) is 23.9. The summed E-state index contributed by atoms with van der Waals surface area (Å²) in [5.41, 5.74) is -0.680. The largest absolute Gasteiger partial charge is 0.507 e. The lowest BCUT2D eigenvalue weighted by Crippen LogP contribution is -2.60. The van der Waals surface area contributed by atoms with Gasteiger partial charge in [-0.15, -0.1) is 0 Å². The van der Waals surface area contributed by atoms with Gasteiger partial charge in [-0.2, -0.15) is 0 Å². The molecule has 1 aromatic heterocycles. The maximum atomic E-state index is 13.5. The first-order chi connectivity index (χ1) is 17.1. The first-order valence-corrected chi connectivity index (χ1v) is 10.8. The molecule has 4 rings (SSSR count). The summed E-state index contributed by atoms with van der Waals surface area (Å²) in [6, 6.07) is 8.57. The van der Waals surface area contributed by atoms with Crippen molar-refractivity contribution in [3.8, 4) is 34.3 Å². The molecule has 0 amide bonds. The van der Waals surface area contributed by atoms with Crippen molar-refractivity contribution in [3.63, 3.8) is 0 Å². The van der Waals surface area contributed by atoms with E-state index in [1.165, 1.54) is 13.2 Å². The minimum Gasteiger partial charge on any atom is -0.507 e. The highest BCUT2D eigenvalue weighted by Crippen LogP contribution is 2.37. The van der Waals surface area contributed by atoms with Crippen LogP contribution in [0.1, 0.15) is 6.92 Å². The molecule has 0 spiro atoms. The van der Waals surface area contributed by atoms with Crippen LogP contribution in [0.2, 0.25) is 0 Å². The van der Waals surface area contributed by atoms with E-state index in [1.54, 1.807) is 24.3 Å². The molecule has 12 heteroatoms. The number of benzene rings is 2. The number of fused-ring (bicyclic) bond motifs is 1. The smallest absolute Gasteiger partial charge is 0.308 e. The average molecular weight is 504 g/mol. The Hall–Kier alpha value is -3.68.